The van der Waals surface area contributed by atoms with Gasteiger partial charge in [0, 0.05) is 24.9 Å². The smallest absolute Gasteiger partial charge is 0.161 e. The molecule has 2 aliphatic heterocycles. The maximum absolute atomic E-state index is 5.42. The van der Waals surface area contributed by atoms with Crippen LogP contribution in [0.15, 0.2) is 12.1 Å². The molecule has 1 fully saturated rings. The molecule has 1 unspecified atom stereocenters. The first-order valence-corrected chi connectivity index (χ1v) is 8.03. The van der Waals surface area contributed by atoms with E-state index in [4.69, 9.17) is 9.47 Å². The van der Waals surface area contributed by atoms with E-state index in [2.05, 4.69) is 28.8 Å². The number of hydrogen-bond acceptors (Lipinski definition) is 4. The van der Waals surface area contributed by atoms with Gasteiger partial charge in [0.15, 0.2) is 11.5 Å². The first-order chi connectivity index (χ1) is 9.31. The van der Waals surface area contributed by atoms with Crippen LogP contribution in [0.1, 0.15) is 17.5 Å². The number of hydrogen-bond donors (Lipinski definition) is 0. The number of nitrogens with zero attached hydrogens (tertiary/aromatic N) is 1. The monoisotopic (exact) mass is 279 g/mol. The lowest BCUT2D eigenvalue weighted by Crippen LogP contribution is -2.39. The fourth-order valence-corrected chi connectivity index (χ4v) is 4.28. The Hall–Kier alpha value is -0.870. The number of benzene rings is 1. The molecule has 1 aromatic rings. The molecule has 3 rings (SSSR count). The quantitative estimate of drug-likeness (QED) is 0.847. The summed E-state index contributed by atoms with van der Waals surface area (Å²) in [4.78, 5) is 2.63. The third-order valence-corrected chi connectivity index (χ3v) is 5.31. The van der Waals surface area contributed by atoms with E-state index in [0.29, 0.717) is 0 Å². The van der Waals surface area contributed by atoms with Gasteiger partial charge in [-0.2, -0.15) is 11.8 Å². The summed E-state index contributed by atoms with van der Waals surface area (Å²) in [5.41, 5.74) is 2.82. The Kier molecular flexibility index (Phi) is 3.89. The Morgan fingerprint density at radius 3 is 2.53 bits per heavy atom. The number of thioether (sulfide) groups is 1. The van der Waals surface area contributed by atoms with Gasteiger partial charge in [-0.05, 0) is 41.9 Å². The van der Waals surface area contributed by atoms with Crippen molar-refractivity contribution in [2.75, 3.05) is 32.3 Å². The lowest BCUT2D eigenvalue weighted by molar-refractivity contribution is 0.194. The molecule has 19 heavy (non-hydrogen) atoms. The zero-order valence-electron chi connectivity index (χ0n) is 11.6. The van der Waals surface area contributed by atoms with Crippen LogP contribution in [0.3, 0.4) is 0 Å². The molecule has 0 amide bonds. The highest BCUT2D eigenvalue weighted by molar-refractivity contribution is 7.99. The highest BCUT2D eigenvalue weighted by Crippen LogP contribution is 2.34. The molecule has 3 nitrogen and oxygen atoms in total. The van der Waals surface area contributed by atoms with E-state index in [0.717, 1.165) is 30.5 Å². The van der Waals surface area contributed by atoms with Crippen LogP contribution in [0, 0.1) is 0 Å². The summed E-state index contributed by atoms with van der Waals surface area (Å²) in [6, 6.07) is 5.07. The fraction of sp³-hybridized carbons (Fsp3) is 0.600. The normalized spacial score (nSPS) is 23.2. The largest absolute Gasteiger partial charge is 0.493 e. The van der Waals surface area contributed by atoms with Crippen molar-refractivity contribution in [3.8, 4) is 11.5 Å². The second-order valence-electron chi connectivity index (χ2n) is 5.21. The molecular weight excluding hydrogens is 258 g/mol. The molecule has 0 aliphatic carbocycles. The average Bonchev–Trinajstić information content (AvgIpc) is 2.99. The number of rotatable bonds is 3. The Balaban J connectivity index is 1.83. The number of fused-ring (bicyclic) bond motifs is 1. The predicted molar refractivity (Wildman–Crippen MR) is 79.4 cm³/mol. The van der Waals surface area contributed by atoms with Gasteiger partial charge >= 0.3 is 0 Å². The van der Waals surface area contributed by atoms with Crippen LogP contribution in [0.25, 0.3) is 0 Å². The summed E-state index contributed by atoms with van der Waals surface area (Å²) in [5.74, 6) is 4.32. The standard InChI is InChI=1S/C15H21NO2S/c1-17-14-7-11-3-5-16(13-4-6-19-10-13)9-12(11)8-15(14)18-2/h7-8,13H,3-6,9-10H2,1-2H3. The molecule has 4 heteroatoms. The Bertz CT molecular complexity index is 458. The van der Waals surface area contributed by atoms with Crippen LogP contribution in [-0.4, -0.2) is 43.2 Å². The molecule has 0 bridgehead atoms. The van der Waals surface area contributed by atoms with Crippen LogP contribution in [0.5, 0.6) is 11.5 Å². The summed E-state index contributed by atoms with van der Waals surface area (Å²) in [5, 5.41) is 0. The Morgan fingerprint density at radius 1 is 1.16 bits per heavy atom. The van der Waals surface area contributed by atoms with Crippen molar-refractivity contribution >= 4 is 11.8 Å². The van der Waals surface area contributed by atoms with Gasteiger partial charge in [0.1, 0.15) is 0 Å². The van der Waals surface area contributed by atoms with Gasteiger partial charge in [0.05, 0.1) is 14.2 Å². The van der Waals surface area contributed by atoms with E-state index < -0.39 is 0 Å². The second kappa shape index (κ2) is 5.63. The minimum Gasteiger partial charge on any atom is -0.493 e. The molecule has 104 valence electrons. The third-order valence-electron chi connectivity index (χ3n) is 4.17. The molecule has 0 radical (unpaired) electrons. The van der Waals surface area contributed by atoms with Crippen LogP contribution in [0.2, 0.25) is 0 Å². The average molecular weight is 279 g/mol. The van der Waals surface area contributed by atoms with Crippen molar-refractivity contribution < 1.29 is 9.47 Å². The predicted octanol–water partition coefficient (Wildman–Crippen LogP) is 2.57. The SMILES string of the molecule is COc1cc2c(cc1OC)CN(C1CCSC1)CC2. The summed E-state index contributed by atoms with van der Waals surface area (Å²) in [6.45, 7) is 2.23. The number of methoxy groups -OCH3 is 2. The maximum atomic E-state index is 5.42. The van der Waals surface area contributed by atoms with Gasteiger partial charge in [-0.3, -0.25) is 4.90 Å². The van der Waals surface area contributed by atoms with Crippen LogP contribution in [0.4, 0.5) is 0 Å². The van der Waals surface area contributed by atoms with Gasteiger partial charge in [-0.1, -0.05) is 0 Å². The zero-order chi connectivity index (χ0) is 13.2. The van der Waals surface area contributed by atoms with Gasteiger partial charge in [0.2, 0.25) is 0 Å². The molecule has 0 N–H and O–H groups in total. The van der Waals surface area contributed by atoms with Crippen LogP contribution in [-0.2, 0) is 13.0 Å². The topological polar surface area (TPSA) is 21.7 Å². The van der Waals surface area contributed by atoms with Crippen molar-refractivity contribution in [3.05, 3.63) is 23.3 Å². The van der Waals surface area contributed by atoms with Crippen LogP contribution < -0.4 is 9.47 Å². The molecule has 1 atom stereocenters. The summed E-state index contributed by atoms with van der Waals surface area (Å²) in [6.07, 6.45) is 2.46. The Morgan fingerprint density at radius 2 is 1.89 bits per heavy atom. The molecule has 1 aromatic carbocycles. The Labute approximate surface area is 119 Å². The highest BCUT2D eigenvalue weighted by atomic mass is 32.2. The molecule has 0 spiro atoms. The van der Waals surface area contributed by atoms with Crippen molar-refractivity contribution in [2.45, 2.75) is 25.4 Å². The van der Waals surface area contributed by atoms with E-state index in [9.17, 15) is 0 Å². The first-order valence-electron chi connectivity index (χ1n) is 6.87. The van der Waals surface area contributed by atoms with E-state index in [1.807, 2.05) is 0 Å². The molecule has 2 aliphatic rings. The minimum atomic E-state index is 0.770. The summed E-state index contributed by atoms with van der Waals surface area (Å²) in [7, 11) is 3.41. The highest BCUT2D eigenvalue weighted by Gasteiger charge is 2.27. The molecule has 2 heterocycles. The molecule has 0 aromatic heterocycles. The second-order valence-corrected chi connectivity index (χ2v) is 6.36. The summed E-state index contributed by atoms with van der Waals surface area (Å²) < 4.78 is 10.8. The van der Waals surface area contributed by atoms with Gasteiger partial charge in [-0.15, -0.1) is 0 Å². The lowest BCUT2D eigenvalue weighted by Gasteiger charge is -2.33. The summed E-state index contributed by atoms with van der Waals surface area (Å²) >= 11 is 2.08. The minimum absolute atomic E-state index is 0.770. The first kappa shape index (κ1) is 13.1. The zero-order valence-corrected chi connectivity index (χ0v) is 12.5. The van der Waals surface area contributed by atoms with Crippen molar-refractivity contribution in [1.82, 2.24) is 4.90 Å². The van der Waals surface area contributed by atoms with E-state index >= 15 is 0 Å². The number of ether oxygens (including phenoxy) is 2. The third kappa shape index (κ3) is 2.56. The maximum Gasteiger partial charge on any atom is 0.161 e. The molecule has 0 saturated carbocycles. The van der Waals surface area contributed by atoms with Gasteiger partial charge < -0.3 is 9.47 Å². The molecular formula is C15H21NO2S. The van der Waals surface area contributed by atoms with Crippen molar-refractivity contribution in [1.29, 1.82) is 0 Å². The lowest BCUT2D eigenvalue weighted by atomic mass is 9.97. The van der Waals surface area contributed by atoms with E-state index in [-0.39, 0.29) is 0 Å². The fourth-order valence-electron chi connectivity index (χ4n) is 3.03. The van der Waals surface area contributed by atoms with Crippen molar-refractivity contribution in [3.63, 3.8) is 0 Å². The van der Waals surface area contributed by atoms with E-state index in [1.54, 1.807) is 14.2 Å². The van der Waals surface area contributed by atoms with Gasteiger partial charge in [-0.25, -0.2) is 0 Å². The van der Waals surface area contributed by atoms with E-state index in [1.165, 1.54) is 35.6 Å². The van der Waals surface area contributed by atoms with Crippen molar-refractivity contribution in [2.24, 2.45) is 0 Å². The van der Waals surface area contributed by atoms with Crippen LogP contribution >= 0.6 is 11.8 Å². The molecule has 1 saturated heterocycles. The van der Waals surface area contributed by atoms with Gasteiger partial charge in [0.25, 0.3) is 0 Å².